The Kier molecular flexibility index (Phi) is 6.96. The highest BCUT2D eigenvalue weighted by Gasteiger charge is 2.36. The van der Waals surface area contributed by atoms with Crippen LogP contribution in [0.25, 0.3) is 0 Å². The zero-order chi connectivity index (χ0) is 21.2. The first-order chi connectivity index (χ1) is 13.7. The van der Waals surface area contributed by atoms with Gasteiger partial charge in [-0.1, -0.05) is 32.8 Å². The van der Waals surface area contributed by atoms with Crippen LogP contribution in [0, 0.1) is 17.7 Å². The van der Waals surface area contributed by atoms with Crippen molar-refractivity contribution in [2.45, 2.75) is 57.0 Å². The Labute approximate surface area is 173 Å². The maximum Gasteiger partial charge on any atom is 0.278 e. The lowest BCUT2D eigenvalue weighted by molar-refractivity contribution is -0.917. The normalized spacial score (nSPS) is 28.1. The van der Waals surface area contributed by atoms with Gasteiger partial charge in [-0.2, -0.15) is 4.31 Å². The van der Waals surface area contributed by atoms with E-state index in [0.717, 1.165) is 23.8 Å². The van der Waals surface area contributed by atoms with Crippen LogP contribution < -0.4 is 10.2 Å². The van der Waals surface area contributed by atoms with Crippen LogP contribution in [-0.2, 0) is 14.8 Å². The Bertz CT molecular complexity index is 824. The molecule has 2 N–H and O–H groups in total. The highest BCUT2D eigenvalue weighted by Crippen LogP contribution is 2.29. The first kappa shape index (κ1) is 22.2. The number of nitrogens with one attached hydrogen (secondary N) is 2. The molecular formula is C21H33FN3O3S+. The molecule has 1 saturated heterocycles. The molecule has 0 bridgehead atoms. The zero-order valence-electron chi connectivity index (χ0n) is 17.5. The van der Waals surface area contributed by atoms with Gasteiger partial charge in [-0.15, -0.1) is 0 Å². The van der Waals surface area contributed by atoms with Gasteiger partial charge in [-0.25, -0.2) is 12.8 Å². The monoisotopic (exact) mass is 426 g/mol. The molecule has 1 aliphatic heterocycles. The van der Waals surface area contributed by atoms with E-state index in [1.54, 1.807) is 0 Å². The van der Waals surface area contributed by atoms with Gasteiger partial charge in [-0.3, -0.25) is 4.79 Å². The smallest absolute Gasteiger partial charge is 0.278 e. The fourth-order valence-electron chi connectivity index (χ4n) is 4.50. The van der Waals surface area contributed by atoms with Gasteiger partial charge in [0, 0.05) is 6.04 Å². The molecule has 1 amide bonds. The number of sulfonamides is 1. The van der Waals surface area contributed by atoms with E-state index in [1.807, 2.05) is 6.92 Å². The summed E-state index contributed by atoms with van der Waals surface area (Å²) in [4.78, 5) is 13.9. The molecule has 8 heteroatoms. The van der Waals surface area contributed by atoms with Crippen molar-refractivity contribution in [1.82, 2.24) is 9.62 Å². The van der Waals surface area contributed by atoms with Gasteiger partial charge in [0.05, 0.1) is 31.1 Å². The standard InChI is InChI=1S/C21H32FN3O3S/c1-15-6-4-9-20(16(15)2)23-21(26)17(3)24-10-12-25(13-11-24)29(27,28)19-8-5-7-18(22)14-19/h5,7-8,14-17,20H,4,6,9-13H2,1-3H3,(H,23,26)/p+1/t15-,16+,17+,20+/m0/s1. The van der Waals surface area contributed by atoms with Crippen LogP contribution in [0.4, 0.5) is 4.39 Å². The van der Waals surface area contributed by atoms with Crippen molar-refractivity contribution < 1.29 is 22.5 Å². The fourth-order valence-corrected chi connectivity index (χ4v) is 5.98. The molecule has 0 unspecified atom stereocenters. The average molecular weight is 427 g/mol. The van der Waals surface area contributed by atoms with E-state index in [0.29, 0.717) is 38.0 Å². The molecule has 0 aromatic heterocycles. The van der Waals surface area contributed by atoms with Gasteiger partial charge >= 0.3 is 0 Å². The van der Waals surface area contributed by atoms with Gasteiger partial charge < -0.3 is 10.2 Å². The number of hydrogen-bond acceptors (Lipinski definition) is 3. The maximum atomic E-state index is 13.4. The molecule has 0 spiro atoms. The molecule has 3 rings (SSSR count). The Hall–Kier alpha value is -1.51. The number of amides is 1. The summed E-state index contributed by atoms with van der Waals surface area (Å²) < 4.78 is 40.3. The molecular weight excluding hydrogens is 393 g/mol. The molecule has 1 heterocycles. The van der Waals surface area contributed by atoms with Crippen molar-refractivity contribution in [3.63, 3.8) is 0 Å². The minimum Gasteiger partial charge on any atom is -0.348 e. The summed E-state index contributed by atoms with van der Waals surface area (Å²) in [5.41, 5.74) is 0. The van der Waals surface area contributed by atoms with Crippen LogP contribution >= 0.6 is 0 Å². The average Bonchev–Trinajstić information content (AvgIpc) is 2.71. The summed E-state index contributed by atoms with van der Waals surface area (Å²) in [5, 5.41) is 3.24. The number of carbonyl (C=O) groups is 1. The van der Waals surface area contributed by atoms with Crippen LogP contribution in [0.15, 0.2) is 29.2 Å². The van der Waals surface area contributed by atoms with Gasteiger partial charge in [-0.05, 0) is 43.4 Å². The summed E-state index contributed by atoms with van der Waals surface area (Å²) in [6.45, 7) is 8.13. The van der Waals surface area contributed by atoms with Crippen molar-refractivity contribution in [2.24, 2.45) is 11.8 Å². The quantitative estimate of drug-likeness (QED) is 0.739. The highest BCUT2D eigenvalue weighted by molar-refractivity contribution is 7.89. The first-order valence-electron chi connectivity index (χ1n) is 10.6. The molecule has 162 valence electrons. The molecule has 1 saturated carbocycles. The maximum absolute atomic E-state index is 13.4. The molecule has 2 fully saturated rings. The molecule has 6 nitrogen and oxygen atoms in total. The Morgan fingerprint density at radius 1 is 1.24 bits per heavy atom. The van der Waals surface area contributed by atoms with Crippen molar-refractivity contribution >= 4 is 15.9 Å². The molecule has 1 aromatic carbocycles. The second kappa shape index (κ2) is 9.10. The van der Waals surface area contributed by atoms with E-state index in [9.17, 15) is 17.6 Å². The van der Waals surface area contributed by atoms with Crippen molar-refractivity contribution in [2.75, 3.05) is 26.2 Å². The van der Waals surface area contributed by atoms with E-state index in [-0.39, 0.29) is 22.9 Å². The fraction of sp³-hybridized carbons (Fsp3) is 0.667. The van der Waals surface area contributed by atoms with Crippen molar-refractivity contribution in [1.29, 1.82) is 0 Å². The lowest BCUT2D eigenvalue weighted by Gasteiger charge is -2.37. The molecule has 0 radical (unpaired) electrons. The SMILES string of the molecule is C[C@@H]1[C@@H](C)CCC[C@H]1NC(=O)[C@@H](C)[NH+]1CCN(S(=O)(=O)c2cccc(F)c2)CC1. The van der Waals surface area contributed by atoms with E-state index in [1.165, 1.54) is 28.9 Å². The number of rotatable bonds is 5. The Balaban J connectivity index is 1.56. The van der Waals surface area contributed by atoms with Crippen LogP contribution in [0.2, 0.25) is 0 Å². The largest absolute Gasteiger partial charge is 0.348 e. The summed E-state index contributed by atoms with van der Waals surface area (Å²) >= 11 is 0. The van der Waals surface area contributed by atoms with E-state index in [2.05, 4.69) is 19.2 Å². The third kappa shape index (κ3) is 4.98. The van der Waals surface area contributed by atoms with Gasteiger partial charge in [0.2, 0.25) is 10.0 Å². The topological polar surface area (TPSA) is 70.9 Å². The summed E-state index contributed by atoms with van der Waals surface area (Å²) in [6, 6.07) is 5.11. The number of halogens is 1. The van der Waals surface area contributed by atoms with Gasteiger partial charge in [0.15, 0.2) is 6.04 Å². The zero-order valence-corrected chi connectivity index (χ0v) is 18.3. The molecule has 1 aliphatic carbocycles. The van der Waals surface area contributed by atoms with Gasteiger partial charge in [0.1, 0.15) is 5.82 Å². The van der Waals surface area contributed by atoms with Crippen LogP contribution in [-0.4, -0.2) is 56.9 Å². The Morgan fingerprint density at radius 2 is 1.93 bits per heavy atom. The molecule has 4 atom stereocenters. The van der Waals surface area contributed by atoms with Crippen LogP contribution in [0.3, 0.4) is 0 Å². The molecule has 29 heavy (non-hydrogen) atoms. The Morgan fingerprint density at radius 3 is 2.59 bits per heavy atom. The third-order valence-corrected chi connectivity index (χ3v) is 8.73. The summed E-state index contributed by atoms with van der Waals surface area (Å²) in [6.07, 6.45) is 3.39. The van der Waals surface area contributed by atoms with E-state index >= 15 is 0 Å². The second-order valence-corrected chi connectivity index (χ2v) is 10.6. The number of nitrogens with zero attached hydrogens (tertiary/aromatic N) is 1. The van der Waals surface area contributed by atoms with Crippen molar-refractivity contribution in [3.8, 4) is 0 Å². The third-order valence-electron chi connectivity index (χ3n) is 6.84. The number of hydrogen-bond donors (Lipinski definition) is 2. The predicted molar refractivity (Wildman–Crippen MR) is 109 cm³/mol. The van der Waals surface area contributed by atoms with Crippen LogP contribution in [0.5, 0.6) is 0 Å². The number of benzene rings is 1. The molecule has 2 aliphatic rings. The lowest BCUT2D eigenvalue weighted by atomic mass is 9.78. The van der Waals surface area contributed by atoms with Crippen molar-refractivity contribution in [3.05, 3.63) is 30.1 Å². The minimum absolute atomic E-state index is 0.0212. The number of carbonyl (C=O) groups excluding carboxylic acids is 1. The second-order valence-electron chi connectivity index (χ2n) is 8.62. The summed E-state index contributed by atoms with van der Waals surface area (Å²) in [7, 11) is -3.71. The number of quaternary nitrogens is 1. The van der Waals surface area contributed by atoms with E-state index in [4.69, 9.17) is 0 Å². The highest BCUT2D eigenvalue weighted by atomic mass is 32.2. The van der Waals surface area contributed by atoms with Crippen LogP contribution in [0.1, 0.15) is 40.0 Å². The summed E-state index contributed by atoms with van der Waals surface area (Å²) in [5.74, 6) is 0.579. The molecule has 1 aromatic rings. The van der Waals surface area contributed by atoms with E-state index < -0.39 is 15.8 Å². The minimum atomic E-state index is -3.71. The van der Waals surface area contributed by atoms with Gasteiger partial charge in [0.25, 0.3) is 5.91 Å². The predicted octanol–water partition coefficient (Wildman–Crippen LogP) is 1.04. The number of piperazine rings is 1. The first-order valence-corrected chi connectivity index (χ1v) is 12.0. The lowest BCUT2D eigenvalue weighted by Crippen LogP contribution is -3.19.